The summed E-state index contributed by atoms with van der Waals surface area (Å²) in [6.45, 7) is 2.25. The molecule has 6 rings (SSSR count). The molecule has 0 saturated heterocycles. The number of rotatable bonds is 4. The van der Waals surface area contributed by atoms with Crippen molar-refractivity contribution in [3.8, 4) is 11.1 Å². The Labute approximate surface area is 207 Å². The van der Waals surface area contributed by atoms with Gasteiger partial charge in [-0.15, -0.1) is 0 Å². The average Bonchev–Trinajstić information content (AvgIpc) is 3.32. The van der Waals surface area contributed by atoms with Crippen LogP contribution in [0.1, 0.15) is 35.1 Å². The molecule has 0 nitrogen and oxygen atoms in total. The molecule has 4 heteroatoms. The fourth-order valence-corrected chi connectivity index (χ4v) is 12.0. The molecule has 4 aromatic carbocycles. The van der Waals surface area contributed by atoms with E-state index in [-0.39, 0.29) is 9.41 Å². The van der Waals surface area contributed by atoms with Crippen LogP contribution in [-0.2, 0) is 23.2 Å². The number of hydrogen-bond donors (Lipinski definition) is 0. The van der Waals surface area contributed by atoms with Crippen LogP contribution in [0.15, 0.2) is 102 Å². The summed E-state index contributed by atoms with van der Waals surface area (Å²) in [5, 5.41) is 3.15. The Hall–Kier alpha value is -2.21. The van der Waals surface area contributed by atoms with Gasteiger partial charge < -0.3 is 9.41 Å². The van der Waals surface area contributed by atoms with Gasteiger partial charge in [-0.25, -0.2) is 0 Å². The van der Waals surface area contributed by atoms with Crippen molar-refractivity contribution >= 4 is 20.0 Å². The van der Waals surface area contributed by atoms with E-state index in [4.69, 9.17) is 0 Å². The van der Waals surface area contributed by atoms with Crippen LogP contribution in [0.25, 0.3) is 17.2 Å². The predicted molar refractivity (Wildman–Crippen MR) is 130 cm³/mol. The molecule has 2 atom stereocenters. The quantitative estimate of drug-likeness (QED) is 0.348. The van der Waals surface area contributed by atoms with E-state index in [2.05, 4.69) is 110 Å². The summed E-state index contributed by atoms with van der Waals surface area (Å²) in [5.74, 6) is 0. The van der Waals surface area contributed by atoms with E-state index >= 15 is 0 Å². The zero-order valence-corrected chi connectivity index (χ0v) is 21.7. The van der Waals surface area contributed by atoms with Gasteiger partial charge in [-0.05, 0) is 0 Å². The SMILES string of the molecule is Cc1ccccc1PC1=Cc2ccccc2[CH]1[Zr+2][CH]1c2ccccc2-c2ccccc21.[F-].[F-]. The van der Waals surface area contributed by atoms with Crippen molar-refractivity contribution < 1.29 is 32.6 Å². The van der Waals surface area contributed by atoms with Crippen LogP contribution in [-0.4, -0.2) is 0 Å². The number of aryl methyl sites for hydroxylation is 1. The first-order valence-electron chi connectivity index (χ1n) is 10.9. The molecule has 33 heavy (non-hydrogen) atoms. The fraction of sp³-hybridized carbons (Fsp3) is 0.103. The second kappa shape index (κ2) is 9.96. The molecule has 0 N–H and O–H groups in total. The number of allylic oxidation sites excluding steroid dienone is 1. The summed E-state index contributed by atoms with van der Waals surface area (Å²) in [6, 6.07) is 36.3. The van der Waals surface area contributed by atoms with Gasteiger partial charge in [0.2, 0.25) is 0 Å². The van der Waals surface area contributed by atoms with E-state index in [1.54, 1.807) is 22.0 Å². The van der Waals surface area contributed by atoms with Crippen LogP contribution in [0.2, 0.25) is 0 Å². The minimum absolute atomic E-state index is 0. The molecule has 0 heterocycles. The van der Waals surface area contributed by atoms with Crippen LogP contribution in [0, 0.1) is 6.92 Å². The van der Waals surface area contributed by atoms with Crippen LogP contribution in [0.4, 0.5) is 0 Å². The van der Waals surface area contributed by atoms with Gasteiger partial charge in [0, 0.05) is 0 Å². The van der Waals surface area contributed by atoms with Gasteiger partial charge in [-0.2, -0.15) is 0 Å². The Morgan fingerprint density at radius 1 is 0.606 bits per heavy atom. The summed E-state index contributed by atoms with van der Waals surface area (Å²) in [4.78, 5) is 0. The van der Waals surface area contributed by atoms with Gasteiger partial charge in [0.25, 0.3) is 0 Å². The summed E-state index contributed by atoms with van der Waals surface area (Å²) in [5.41, 5.74) is 10.5. The van der Waals surface area contributed by atoms with Crippen LogP contribution in [0.3, 0.4) is 0 Å². The first kappa shape index (κ1) is 23.9. The summed E-state index contributed by atoms with van der Waals surface area (Å²) in [6.07, 6.45) is 2.51. The average molecular weight is 532 g/mol. The molecular formula is C29H23F2PZr. The van der Waals surface area contributed by atoms with Crippen molar-refractivity contribution in [1.29, 1.82) is 0 Å². The molecule has 0 radical (unpaired) electrons. The van der Waals surface area contributed by atoms with Gasteiger partial charge >= 0.3 is 199 Å². The number of benzene rings is 4. The Morgan fingerprint density at radius 2 is 1.15 bits per heavy atom. The van der Waals surface area contributed by atoms with Crippen molar-refractivity contribution in [3.05, 3.63) is 130 Å². The first-order valence-corrected chi connectivity index (χ1v) is 14.7. The van der Waals surface area contributed by atoms with Crippen molar-refractivity contribution in [2.24, 2.45) is 0 Å². The van der Waals surface area contributed by atoms with E-state index < -0.39 is 23.2 Å². The van der Waals surface area contributed by atoms with Gasteiger partial charge in [-0.1, -0.05) is 0 Å². The summed E-state index contributed by atoms with van der Waals surface area (Å²) >= 11 is -0.865. The van der Waals surface area contributed by atoms with Crippen LogP contribution in [0.5, 0.6) is 0 Å². The molecule has 162 valence electrons. The zero-order chi connectivity index (χ0) is 20.8. The van der Waals surface area contributed by atoms with Gasteiger partial charge in [0.15, 0.2) is 0 Å². The Balaban J connectivity index is 0.00000130. The van der Waals surface area contributed by atoms with Crippen molar-refractivity contribution in [1.82, 2.24) is 0 Å². The molecule has 0 fully saturated rings. The van der Waals surface area contributed by atoms with E-state index in [9.17, 15) is 0 Å². The second-order valence-electron chi connectivity index (χ2n) is 8.38. The Kier molecular flexibility index (Phi) is 7.23. The predicted octanol–water partition coefficient (Wildman–Crippen LogP) is 1.26. The Morgan fingerprint density at radius 3 is 1.82 bits per heavy atom. The summed E-state index contributed by atoms with van der Waals surface area (Å²) < 4.78 is 1.26. The molecule has 0 bridgehead atoms. The monoisotopic (exact) mass is 530 g/mol. The third kappa shape index (κ3) is 4.23. The minimum Gasteiger partial charge on any atom is -1.00 e. The maximum absolute atomic E-state index is 2.51. The first-order chi connectivity index (χ1) is 15.3. The number of halogens is 2. The fourth-order valence-electron chi connectivity index (χ4n) is 4.98. The van der Waals surface area contributed by atoms with Crippen molar-refractivity contribution in [2.75, 3.05) is 0 Å². The van der Waals surface area contributed by atoms with Crippen molar-refractivity contribution in [2.45, 2.75) is 14.2 Å². The van der Waals surface area contributed by atoms with Gasteiger partial charge in [0.05, 0.1) is 0 Å². The normalized spacial score (nSPS) is 15.7. The Bertz CT molecular complexity index is 1290. The standard InChI is InChI=1S/C16H14P.C13H9.2FH.Zr/c1-12-6-2-5-9-16(12)17-15-10-13-7-3-4-8-14(13)11-15;1-3-7-12-10(5-1)9-11-6-2-4-8-13(11)12;;;/h2-11,17H,1H3;1-9H;2*1H;/q;;;;+2/p-2. The van der Waals surface area contributed by atoms with Crippen molar-refractivity contribution in [3.63, 3.8) is 0 Å². The molecule has 4 aromatic rings. The molecule has 2 aliphatic rings. The zero-order valence-electron chi connectivity index (χ0n) is 18.2. The third-order valence-electron chi connectivity index (χ3n) is 6.52. The smallest absolute Gasteiger partial charge is 1.00 e. The maximum atomic E-state index is 2.51. The molecule has 2 aliphatic carbocycles. The van der Waals surface area contributed by atoms with Crippen LogP contribution >= 0.6 is 8.58 Å². The molecule has 0 amide bonds. The molecule has 2 unspecified atom stereocenters. The summed E-state index contributed by atoms with van der Waals surface area (Å²) in [7, 11) is 0.766. The third-order valence-corrected chi connectivity index (χ3v) is 13.5. The molecule has 0 aromatic heterocycles. The second-order valence-corrected chi connectivity index (χ2v) is 13.4. The largest absolute Gasteiger partial charge is 1.00 e. The molecular weight excluding hydrogens is 509 g/mol. The van der Waals surface area contributed by atoms with E-state index in [0.717, 1.165) is 8.58 Å². The number of hydrogen-bond acceptors (Lipinski definition) is 0. The van der Waals surface area contributed by atoms with E-state index in [1.807, 2.05) is 0 Å². The number of fused-ring (bicyclic) bond motifs is 4. The van der Waals surface area contributed by atoms with Gasteiger partial charge in [0.1, 0.15) is 0 Å². The van der Waals surface area contributed by atoms with E-state index in [0.29, 0.717) is 7.25 Å². The maximum Gasteiger partial charge on any atom is -1.00 e. The van der Waals surface area contributed by atoms with Gasteiger partial charge in [-0.3, -0.25) is 0 Å². The molecule has 0 saturated carbocycles. The van der Waals surface area contributed by atoms with Crippen LogP contribution < -0.4 is 14.7 Å². The minimum atomic E-state index is -0.865. The molecule has 0 aliphatic heterocycles. The molecule has 0 spiro atoms. The topological polar surface area (TPSA) is 0 Å². The van der Waals surface area contributed by atoms with E-state index in [1.165, 1.54) is 27.6 Å².